The Bertz CT molecular complexity index is 1060. The maximum absolute atomic E-state index is 13.3. The summed E-state index contributed by atoms with van der Waals surface area (Å²) in [4.78, 5) is 4.88. The van der Waals surface area contributed by atoms with Gasteiger partial charge in [-0.15, -0.1) is 0 Å². The van der Waals surface area contributed by atoms with Crippen molar-refractivity contribution in [2.45, 2.75) is 31.5 Å². The van der Waals surface area contributed by atoms with Crippen molar-refractivity contribution in [1.82, 2.24) is 9.36 Å². The number of anilines is 1. The van der Waals surface area contributed by atoms with Crippen LogP contribution in [0.15, 0.2) is 30.5 Å². The molecule has 0 aliphatic heterocycles. The molecule has 0 amide bonds. The summed E-state index contributed by atoms with van der Waals surface area (Å²) in [5.41, 5.74) is 1.11. The predicted octanol–water partition coefficient (Wildman–Crippen LogP) is 7.03. The molecule has 2 heterocycles. The van der Waals surface area contributed by atoms with Gasteiger partial charge < -0.3 is 10.1 Å². The average Bonchev–Trinajstić information content (AvgIpc) is 3.46. The molecule has 4 nitrogen and oxygen atoms in total. The van der Waals surface area contributed by atoms with Crippen LogP contribution in [0.4, 0.5) is 19.0 Å². The third kappa shape index (κ3) is 4.22. The molecule has 158 valence electrons. The number of hydrogen-bond acceptors (Lipinski definition) is 5. The number of halogens is 5. The van der Waals surface area contributed by atoms with Crippen LogP contribution in [0.2, 0.25) is 10.0 Å². The first-order valence-corrected chi connectivity index (χ1v) is 10.6. The summed E-state index contributed by atoms with van der Waals surface area (Å²) in [5.74, 6) is 0.145. The van der Waals surface area contributed by atoms with Gasteiger partial charge in [-0.1, -0.05) is 29.3 Å². The van der Waals surface area contributed by atoms with Gasteiger partial charge in [0.2, 0.25) is 0 Å². The Morgan fingerprint density at radius 2 is 1.93 bits per heavy atom. The molecule has 0 spiro atoms. The predicted molar refractivity (Wildman–Crippen MR) is 113 cm³/mol. The van der Waals surface area contributed by atoms with Crippen molar-refractivity contribution in [3.63, 3.8) is 0 Å². The number of alkyl halides is 3. The quantitative estimate of drug-likeness (QED) is 0.417. The van der Waals surface area contributed by atoms with E-state index in [2.05, 4.69) is 14.7 Å². The number of aromatic nitrogens is 2. The molecule has 1 aliphatic rings. The smallest absolute Gasteiger partial charge is 0.420 e. The van der Waals surface area contributed by atoms with Gasteiger partial charge in [0, 0.05) is 23.1 Å². The summed E-state index contributed by atoms with van der Waals surface area (Å²) < 4.78 is 50.2. The summed E-state index contributed by atoms with van der Waals surface area (Å²) in [7, 11) is 1.39. The highest BCUT2D eigenvalue weighted by Crippen LogP contribution is 2.48. The Kier molecular flexibility index (Phi) is 5.83. The van der Waals surface area contributed by atoms with Gasteiger partial charge in [0.25, 0.3) is 0 Å². The van der Waals surface area contributed by atoms with Gasteiger partial charge in [-0.05, 0) is 48.5 Å². The zero-order valence-electron chi connectivity index (χ0n) is 15.7. The molecule has 1 aromatic carbocycles. The standard InChI is InChI=1S/C20H16Cl2F3N3OS/c1-26-19-13(20(23,24)25)7-11(8-27-19)29-9-12-17(28-30-18(12)10-5-6-10)16-14(21)3-2-4-15(16)22/h2-4,7-8,10H,5-6,9H2,1H3,(H,26,27). The van der Waals surface area contributed by atoms with E-state index in [-0.39, 0.29) is 18.2 Å². The second kappa shape index (κ2) is 8.24. The van der Waals surface area contributed by atoms with Gasteiger partial charge >= 0.3 is 6.18 Å². The van der Waals surface area contributed by atoms with Crippen LogP contribution in [0.1, 0.15) is 34.8 Å². The Morgan fingerprint density at radius 3 is 2.53 bits per heavy atom. The van der Waals surface area contributed by atoms with Crippen molar-refractivity contribution in [2.24, 2.45) is 0 Å². The van der Waals surface area contributed by atoms with Crippen molar-refractivity contribution in [3.8, 4) is 17.0 Å². The van der Waals surface area contributed by atoms with Crippen LogP contribution in [-0.2, 0) is 12.8 Å². The van der Waals surface area contributed by atoms with Crippen molar-refractivity contribution < 1.29 is 17.9 Å². The minimum atomic E-state index is -4.55. The molecular weight excluding hydrogens is 458 g/mol. The normalized spacial score (nSPS) is 14.1. The van der Waals surface area contributed by atoms with Crippen LogP contribution >= 0.6 is 34.7 Å². The van der Waals surface area contributed by atoms with E-state index in [1.54, 1.807) is 18.2 Å². The molecule has 0 bridgehead atoms. The summed E-state index contributed by atoms with van der Waals surface area (Å²) in [6.45, 7) is 0.0388. The fourth-order valence-electron chi connectivity index (χ4n) is 3.14. The minimum Gasteiger partial charge on any atom is -0.487 e. The molecule has 0 saturated heterocycles. The molecular formula is C20H16Cl2F3N3OS. The molecule has 10 heteroatoms. The van der Waals surface area contributed by atoms with Crippen LogP contribution in [0.25, 0.3) is 11.3 Å². The Labute approximate surface area is 185 Å². The molecule has 0 radical (unpaired) electrons. The number of hydrogen-bond donors (Lipinski definition) is 1. The fourth-order valence-corrected chi connectivity index (χ4v) is 4.76. The highest BCUT2D eigenvalue weighted by atomic mass is 35.5. The zero-order chi connectivity index (χ0) is 21.5. The summed E-state index contributed by atoms with van der Waals surface area (Å²) in [6.07, 6.45) is -1.20. The SMILES string of the molecule is CNc1ncc(OCc2c(-c3c(Cl)cccc3Cl)nsc2C2CC2)cc1C(F)(F)F. The largest absolute Gasteiger partial charge is 0.487 e. The molecule has 4 rings (SSSR count). The number of benzene rings is 1. The lowest BCUT2D eigenvalue weighted by molar-refractivity contribution is -0.137. The van der Waals surface area contributed by atoms with E-state index in [1.807, 2.05) is 0 Å². The third-order valence-electron chi connectivity index (χ3n) is 4.75. The first-order valence-electron chi connectivity index (χ1n) is 9.10. The second-order valence-corrected chi connectivity index (χ2v) is 8.47. The van der Waals surface area contributed by atoms with Crippen LogP contribution in [0.5, 0.6) is 5.75 Å². The van der Waals surface area contributed by atoms with E-state index in [1.165, 1.54) is 24.8 Å². The Hall–Kier alpha value is -2.03. The van der Waals surface area contributed by atoms with Gasteiger partial charge in [-0.25, -0.2) is 4.98 Å². The van der Waals surface area contributed by atoms with E-state index in [4.69, 9.17) is 27.9 Å². The summed E-state index contributed by atoms with van der Waals surface area (Å²) in [5, 5.41) is 3.36. The van der Waals surface area contributed by atoms with Gasteiger partial charge in [-0.2, -0.15) is 17.5 Å². The monoisotopic (exact) mass is 473 g/mol. The van der Waals surface area contributed by atoms with Gasteiger partial charge in [0.1, 0.15) is 23.7 Å². The first kappa shape index (κ1) is 21.2. The van der Waals surface area contributed by atoms with Crippen molar-refractivity contribution >= 4 is 40.6 Å². The Balaban J connectivity index is 1.68. The molecule has 1 N–H and O–H groups in total. The van der Waals surface area contributed by atoms with E-state index >= 15 is 0 Å². The second-order valence-electron chi connectivity index (χ2n) is 6.85. The first-order chi connectivity index (χ1) is 14.3. The average molecular weight is 474 g/mol. The van der Waals surface area contributed by atoms with E-state index in [0.717, 1.165) is 29.3 Å². The third-order valence-corrected chi connectivity index (χ3v) is 6.43. The van der Waals surface area contributed by atoms with E-state index in [0.29, 0.717) is 27.2 Å². The number of nitrogens with one attached hydrogen (secondary N) is 1. The van der Waals surface area contributed by atoms with Crippen molar-refractivity contribution in [2.75, 3.05) is 12.4 Å². The lowest BCUT2D eigenvalue weighted by atomic mass is 10.0. The topological polar surface area (TPSA) is 47.0 Å². The van der Waals surface area contributed by atoms with Gasteiger partial charge in [-0.3, -0.25) is 0 Å². The minimum absolute atomic E-state index is 0.0190. The maximum Gasteiger partial charge on any atom is 0.420 e. The van der Waals surface area contributed by atoms with Crippen LogP contribution in [-0.4, -0.2) is 16.4 Å². The highest BCUT2D eigenvalue weighted by molar-refractivity contribution is 7.06. The molecule has 2 aromatic heterocycles. The number of ether oxygens (including phenoxy) is 1. The van der Waals surface area contributed by atoms with Crippen LogP contribution < -0.4 is 10.1 Å². The number of nitrogens with zero attached hydrogens (tertiary/aromatic N) is 2. The van der Waals surface area contributed by atoms with Gasteiger partial charge in [0.05, 0.1) is 21.9 Å². The summed E-state index contributed by atoms with van der Waals surface area (Å²) >= 11 is 14.1. The van der Waals surface area contributed by atoms with E-state index < -0.39 is 11.7 Å². The lowest BCUT2D eigenvalue weighted by Crippen LogP contribution is -2.11. The summed E-state index contributed by atoms with van der Waals surface area (Å²) in [6, 6.07) is 6.13. The molecule has 1 fully saturated rings. The highest BCUT2D eigenvalue weighted by Gasteiger charge is 2.35. The van der Waals surface area contributed by atoms with E-state index in [9.17, 15) is 13.2 Å². The number of pyridine rings is 1. The molecule has 1 saturated carbocycles. The van der Waals surface area contributed by atoms with Crippen LogP contribution in [0.3, 0.4) is 0 Å². The van der Waals surface area contributed by atoms with Crippen LogP contribution in [0, 0.1) is 0 Å². The maximum atomic E-state index is 13.3. The van der Waals surface area contributed by atoms with Crippen molar-refractivity contribution in [1.29, 1.82) is 0 Å². The zero-order valence-corrected chi connectivity index (χ0v) is 18.0. The molecule has 30 heavy (non-hydrogen) atoms. The fraction of sp³-hybridized carbons (Fsp3) is 0.300. The lowest BCUT2D eigenvalue weighted by Gasteiger charge is -2.14. The molecule has 0 unspecified atom stereocenters. The van der Waals surface area contributed by atoms with Crippen molar-refractivity contribution in [3.05, 3.63) is 56.5 Å². The number of rotatable bonds is 6. The Morgan fingerprint density at radius 1 is 1.23 bits per heavy atom. The molecule has 3 aromatic rings. The molecule has 0 atom stereocenters. The van der Waals surface area contributed by atoms with Gasteiger partial charge in [0.15, 0.2) is 0 Å². The molecule has 1 aliphatic carbocycles.